The van der Waals surface area contributed by atoms with Crippen LogP contribution >= 0.6 is 0 Å². The Kier molecular flexibility index (Phi) is 5.91. The van der Waals surface area contributed by atoms with E-state index >= 15 is 0 Å². The fourth-order valence-corrected chi connectivity index (χ4v) is 1.01. The van der Waals surface area contributed by atoms with Crippen LogP contribution in [0.2, 0.25) is 0 Å². The van der Waals surface area contributed by atoms with Crippen LogP contribution in [0.15, 0.2) is 0 Å². The number of primary amides is 1. The van der Waals surface area contributed by atoms with E-state index in [1.807, 2.05) is 6.92 Å². The van der Waals surface area contributed by atoms with E-state index < -0.39 is 30.0 Å². The van der Waals surface area contributed by atoms with Gasteiger partial charge in [-0.3, -0.25) is 4.79 Å². The normalized spacial score (nSPS) is 13.6. The van der Waals surface area contributed by atoms with E-state index in [0.717, 1.165) is 0 Å². The topological polar surface area (TPSA) is 122 Å². The largest absolute Gasteiger partial charge is 0.480 e. The highest BCUT2D eigenvalue weighted by Crippen LogP contribution is 1.96. The third kappa shape index (κ3) is 5.18. The van der Waals surface area contributed by atoms with Gasteiger partial charge in [0.2, 0.25) is 5.91 Å². The molecule has 0 rings (SSSR count). The van der Waals surface area contributed by atoms with Gasteiger partial charge in [0.05, 0.1) is 0 Å². The number of carboxylic acids is 1. The van der Waals surface area contributed by atoms with E-state index in [1.165, 1.54) is 6.92 Å². The van der Waals surface area contributed by atoms with E-state index in [4.69, 9.17) is 10.8 Å². The van der Waals surface area contributed by atoms with E-state index in [1.54, 1.807) is 0 Å². The van der Waals surface area contributed by atoms with Gasteiger partial charge in [-0.05, 0) is 13.3 Å². The zero-order valence-electron chi connectivity index (χ0n) is 9.32. The number of carbonyl (C=O) groups excluding carboxylic acids is 2. The Morgan fingerprint density at radius 3 is 2.25 bits per heavy atom. The zero-order valence-corrected chi connectivity index (χ0v) is 9.32. The molecule has 0 fully saturated rings. The molecule has 92 valence electrons. The fourth-order valence-electron chi connectivity index (χ4n) is 1.01. The van der Waals surface area contributed by atoms with Crippen molar-refractivity contribution in [3.63, 3.8) is 0 Å². The quantitative estimate of drug-likeness (QED) is 0.488. The van der Waals surface area contributed by atoms with E-state index in [-0.39, 0.29) is 0 Å². The van der Waals surface area contributed by atoms with Crippen LogP contribution in [0, 0.1) is 0 Å². The second kappa shape index (κ2) is 6.65. The van der Waals surface area contributed by atoms with Crippen molar-refractivity contribution in [1.82, 2.24) is 10.6 Å². The van der Waals surface area contributed by atoms with Gasteiger partial charge in [-0.15, -0.1) is 0 Å². The summed E-state index contributed by atoms with van der Waals surface area (Å²) in [5.41, 5.74) is 4.94. The van der Waals surface area contributed by atoms with E-state index in [2.05, 4.69) is 10.6 Å². The maximum atomic E-state index is 11.3. The van der Waals surface area contributed by atoms with Gasteiger partial charge >= 0.3 is 12.0 Å². The number of carboxylic acid groups (broad SMARTS) is 1. The Bertz CT molecular complexity index is 280. The fraction of sp³-hybridized carbons (Fsp3) is 0.667. The van der Waals surface area contributed by atoms with Gasteiger partial charge in [0.1, 0.15) is 12.1 Å². The molecule has 0 aliphatic heterocycles. The second-order valence-corrected chi connectivity index (χ2v) is 3.42. The Hall–Kier alpha value is -1.79. The molecular weight excluding hydrogens is 214 g/mol. The van der Waals surface area contributed by atoms with Crippen LogP contribution in [0.1, 0.15) is 26.7 Å². The molecule has 0 aromatic heterocycles. The van der Waals surface area contributed by atoms with Gasteiger partial charge in [-0.2, -0.15) is 0 Å². The van der Waals surface area contributed by atoms with Crippen molar-refractivity contribution >= 4 is 17.9 Å². The highest BCUT2D eigenvalue weighted by atomic mass is 16.4. The molecule has 0 aromatic rings. The first kappa shape index (κ1) is 14.2. The number of hydrogen-bond donors (Lipinski definition) is 4. The molecule has 0 bridgehead atoms. The summed E-state index contributed by atoms with van der Waals surface area (Å²) in [5, 5.41) is 13.2. The van der Waals surface area contributed by atoms with Crippen molar-refractivity contribution in [2.45, 2.75) is 38.8 Å². The van der Waals surface area contributed by atoms with Crippen LogP contribution in [0.3, 0.4) is 0 Å². The Labute approximate surface area is 93.4 Å². The molecule has 5 N–H and O–H groups in total. The SMILES string of the molecule is CCC[C@H](NC(=O)NC(C)C(N)=O)C(=O)O. The summed E-state index contributed by atoms with van der Waals surface area (Å²) in [6.07, 6.45) is 0.955. The number of nitrogens with one attached hydrogen (secondary N) is 2. The van der Waals surface area contributed by atoms with Crippen molar-refractivity contribution < 1.29 is 19.5 Å². The van der Waals surface area contributed by atoms with Crippen molar-refractivity contribution in [2.24, 2.45) is 5.73 Å². The van der Waals surface area contributed by atoms with Crippen LogP contribution in [-0.2, 0) is 9.59 Å². The molecule has 0 aromatic carbocycles. The van der Waals surface area contributed by atoms with Crippen molar-refractivity contribution in [1.29, 1.82) is 0 Å². The Balaban J connectivity index is 4.19. The summed E-state index contributed by atoms with van der Waals surface area (Å²) in [6.45, 7) is 3.22. The van der Waals surface area contributed by atoms with Crippen LogP contribution in [0.4, 0.5) is 4.79 Å². The molecule has 7 heteroatoms. The molecule has 0 heterocycles. The summed E-state index contributed by atoms with van der Waals surface area (Å²) in [7, 11) is 0. The first-order valence-electron chi connectivity index (χ1n) is 4.97. The molecule has 0 saturated heterocycles. The minimum absolute atomic E-state index is 0.327. The lowest BCUT2D eigenvalue weighted by molar-refractivity contribution is -0.139. The minimum atomic E-state index is -1.11. The Morgan fingerprint density at radius 2 is 1.88 bits per heavy atom. The summed E-state index contributed by atoms with van der Waals surface area (Å²) in [6, 6.07) is -2.51. The first-order chi connectivity index (χ1) is 7.38. The lowest BCUT2D eigenvalue weighted by Crippen LogP contribution is -2.51. The molecule has 1 unspecified atom stereocenters. The van der Waals surface area contributed by atoms with Crippen LogP contribution in [0.25, 0.3) is 0 Å². The second-order valence-electron chi connectivity index (χ2n) is 3.42. The first-order valence-corrected chi connectivity index (χ1v) is 4.97. The summed E-state index contributed by atoms with van der Waals surface area (Å²) in [4.78, 5) is 32.6. The maximum absolute atomic E-state index is 11.3. The zero-order chi connectivity index (χ0) is 12.7. The van der Waals surface area contributed by atoms with Crippen molar-refractivity contribution in [3.8, 4) is 0 Å². The van der Waals surface area contributed by atoms with E-state index in [0.29, 0.717) is 12.8 Å². The van der Waals surface area contributed by atoms with Gasteiger partial charge in [-0.1, -0.05) is 13.3 Å². The average molecular weight is 231 g/mol. The van der Waals surface area contributed by atoms with Crippen molar-refractivity contribution in [2.75, 3.05) is 0 Å². The molecule has 16 heavy (non-hydrogen) atoms. The highest BCUT2D eigenvalue weighted by Gasteiger charge is 2.20. The van der Waals surface area contributed by atoms with Crippen molar-refractivity contribution in [3.05, 3.63) is 0 Å². The monoisotopic (exact) mass is 231 g/mol. The summed E-state index contributed by atoms with van der Waals surface area (Å²) >= 11 is 0. The number of carbonyl (C=O) groups is 3. The predicted octanol–water partition coefficient (Wildman–Crippen LogP) is -0.587. The van der Waals surface area contributed by atoms with Gasteiger partial charge in [0.15, 0.2) is 0 Å². The number of amides is 3. The smallest absolute Gasteiger partial charge is 0.326 e. The molecule has 0 spiro atoms. The Morgan fingerprint density at radius 1 is 1.31 bits per heavy atom. The third-order valence-corrected chi connectivity index (χ3v) is 1.96. The minimum Gasteiger partial charge on any atom is -0.480 e. The number of aliphatic carboxylic acids is 1. The standard InChI is InChI=1S/C9H17N3O4/c1-3-4-6(8(14)15)12-9(16)11-5(2)7(10)13/h5-6H,3-4H2,1-2H3,(H2,10,13)(H,14,15)(H2,11,12,16)/t5?,6-/m0/s1. The molecular formula is C9H17N3O4. The predicted molar refractivity (Wildman–Crippen MR) is 56.7 cm³/mol. The molecule has 0 aliphatic rings. The number of hydrogen-bond acceptors (Lipinski definition) is 3. The molecule has 2 atom stereocenters. The van der Waals surface area contributed by atoms with Crippen LogP contribution in [0.5, 0.6) is 0 Å². The molecule has 0 saturated carbocycles. The molecule has 0 radical (unpaired) electrons. The molecule has 7 nitrogen and oxygen atoms in total. The lowest BCUT2D eigenvalue weighted by atomic mass is 10.2. The summed E-state index contributed by atoms with van der Waals surface area (Å²) in [5.74, 6) is -1.79. The van der Waals surface area contributed by atoms with Gasteiger partial charge in [-0.25, -0.2) is 9.59 Å². The van der Waals surface area contributed by atoms with Gasteiger partial charge in [0.25, 0.3) is 0 Å². The highest BCUT2D eigenvalue weighted by molar-refractivity contribution is 5.87. The van der Waals surface area contributed by atoms with Gasteiger partial charge < -0.3 is 21.5 Å². The van der Waals surface area contributed by atoms with Gasteiger partial charge in [0, 0.05) is 0 Å². The number of nitrogens with two attached hydrogens (primary N) is 1. The third-order valence-electron chi connectivity index (χ3n) is 1.96. The average Bonchev–Trinajstić information content (AvgIpc) is 2.16. The molecule has 3 amide bonds. The maximum Gasteiger partial charge on any atom is 0.326 e. The van der Waals surface area contributed by atoms with E-state index in [9.17, 15) is 14.4 Å². The lowest BCUT2D eigenvalue weighted by Gasteiger charge is -2.16. The number of urea groups is 1. The summed E-state index contributed by atoms with van der Waals surface area (Å²) < 4.78 is 0. The number of rotatable bonds is 6. The van der Waals surface area contributed by atoms with Crippen LogP contribution in [-0.4, -0.2) is 35.1 Å². The molecule has 0 aliphatic carbocycles. The van der Waals surface area contributed by atoms with Crippen LogP contribution < -0.4 is 16.4 Å².